The lowest BCUT2D eigenvalue weighted by molar-refractivity contribution is -0.144. The van der Waals surface area contributed by atoms with Gasteiger partial charge in [0.15, 0.2) is 0 Å². The Bertz CT molecular complexity index is 1130. The van der Waals surface area contributed by atoms with Gasteiger partial charge in [0.2, 0.25) is 5.91 Å². The monoisotopic (exact) mass is 708 g/mol. The first-order chi connectivity index (χ1) is 24.0. The van der Waals surface area contributed by atoms with Crippen LogP contribution in [0.25, 0.3) is 0 Å². The lowest BCUT2D eigenvalue weighted by atomic mass is 10.1. The average molecular weight is 709 g/mol. The summed E-state index contributed by atoms with van der Waals surface area (Å²) in [4.78, 5) is 56.4. The summed E-state index contributed by atoms with van der Waals surface area (Å²) in [5, 5.41) is 25.1. The number of aryl methyl sites for hydroxylation is 1. The number of carboxylic acid groups (broad SMARTS) is 2. The maximum atomic E-state index is 12.5. The highest BCUT2D eigenvalue weighted by Crippen LogP contribution is 2.10. The van der Waals surface area contributed by atoms with Gasteiger partial charge in [0, 0.05) is 90.6 Å². The highest BCUT2D eigenvalue weighted by atomic mass is 16.5. The number of aliphatic carboxylic acids is 2. The number of carboxylic acids is 2. The van der Waals surface area contributed by atoms with Crippen LogP contribution in [0.1, 0.15) is 41.6 Å². The predicted molar refractivity (Wildman–Crippen MR) is 190 cm³/mol. The number of benzene rings is 1. The molecule has 1 aromatic rings. The number of carbonyl (C=O) groups is 4. The van der Waals surface area contributed by atoms with Crippen molar-refractivity contribution >= 4 is 23.8 Å². The van der Waals surface area contributed by atoms with Crippen molar-refractivity contribution in [3.05, 3.63) is 35.4 Å². The maximum Gasteiger partial charge on any atom is 0.320 e. The molecular weight excluding hydrogens is 648 g/mol. The Morgan fingerprint density at radius 1 is 0.720 bits per heavy atom. The van der Waals surface area contributed by atoms with Crippen molar-refractivity contribution in [1.29, 1.82) is 0 Å². The first-order valence-corrected chi connectivity index (χ1v) is 17.7. The summed E-state index contributed by atoms with van der Waals surface area (Å²) in [6, 6.07) is 6.59. The van der Waals surface area contributed by atoms with Crippen molar-refractivity contribution in [2.75, 3.05) is 126 Å². The van der Waals surface area contributed by atoms with Gasteiger partial charge in [0.25, 0.3) is 5.91 Å². The molecule has 1 aliphatic rings. The van der Waals surface area contributed by atoms with Crippen molar-refractivity contribution < 1.29 is 43.6 Å². The molecule has 1 atom stereocenters. The number of carbonyl (C=O) groups excluding carboxylic acids is 2. The van der Waals surface area contributed by atoms with E-state index >= 15 is 0 Å². The quantitative estimate of drug-likeness (QED) is 0.123. The van der Waals surface area contributed by atoms with Gasteiger partial charge in [0.1, 0.15) is 6.04 Å². The molecule has 15 heteroatoms. The van der Waals surface area contributed by atoms with Gasteiger partial charge in [-0.05, 0) is 52.4 Å². The van der Waals surface area contributed by atoms with Gasteiger partial charge >= 0.3 is 11.9 Å². The Labute approximate surface area is 297 Å². The first-order valence-electron chi connectivity index (χ1n) is 17.7. The SMILES string of the molecule is Cc1ccc(C(=O)NCCCOCCOCCOCCCNC(=O)CCC(C(=O)O)N2CCN(C)CCN(C)CCN(CC(=O)O)CC2)cc1. The van der Waals surface area contributed by atoms with Gasteiger partial charge in [-0.15, -0.1) is 0 Å². The van der Waals surface area contributed by atoms with E-state index in [1.807, 2.05) is 55.1 Å². The summed E-state index contributed by atoms with van der Waals surface area (Å²) in [6.45, 7) is 10.5. The third kappa shape index (κ3) is 19.9. The van der Waals surface area contributed by atoms with E-state index in [1.54, 1.807) is 0 Å². The Kier molecular flexibility index (Phi) is 22.1. The highest BCUT2D eigenvalue weighted by Gasteiger charge is 2.27. The third-order valence-electron chi connectivity index (χ3n) is 8.46. The van der Waals surface area contributed by atoms with Gasteiger partial charge in [-0.2, -0.15) is 0 Å². The zero-order valence-corrected chi connectivity index (χ0v) is 30.3. The molecule has 1 unspecified atom stereocenters. The number of hydrogen-bond acceptors (Lipinski definition) is 11. The molecule has 0 bridgehead atoms. The van der Waals surface area contributed by atoms with Crippen molar-refractivity contribution in [3.8, 4) is 0 Å². The van der Waals surface area contributed by atoms with Crippen LogP contribution in [0.5, 0.6) is 0 Å². The molecule has 2 rings (SSSR count). The number of rotatable bonds is 22. The van der Waals surface area contributed by atoms with Gasteiger partial charge in [-0.3, -0.25) is 29.0 Å². The summed E-state index contributed by atoms with van der Waals surface area (Å²) in [5.74, 6) is -2.20. The first kappa shape index (κ1) is 43.0. The summed E-state index contributed by atoms with van der Waals surface area (Å²) in [5.41, 5.74) is 1.76. The fourth-order valence-corrected chi connectivity index (χ4v) is 5.28. The summed E-state index contributed by atoms with van der Waals surface area (Å²) < 4.78 is 16.6. The summed E-state index contributed by atoms with van der Waals surface area (Å²) >= 11 is 0. The molecule has 0 radical (unpaired) electrons. The second kappa shape index (κ2) is 25.7. The van der Waals surface area contributed by atoms with Crippen molar-refractivity contribution in [2.24, 2.45) is 0 Å². The van der Waals surface area contributed by atoms with Crippen LogP contribution in [0, 0.1) is 6.92 Å². The molecule has 0 saturated carbocycles. The van der Waals surface area contributed by atoms with E-state index in [0.29, 0.717) is 104 Å². The number of hydrogen-bond donors (Lipinski definition) is 4. The number of amides is 2. The Balaban J connectivity index is 1.54. The molecule has 4 N–H and O–H groups in total. The normalized spacial score (nSPS) is 16.6. The molecule has 284 valence electrons. The second-order valence-corrected chi connectivity index (χ2v) is 12.7. The molecule has 1 heterocycles. The molecule has 1 fully saturated rings. The molecular formula is C35H60N6O9. The molecule has 1 aliphatic heterocycles. The minimum Gasteiger partial charge on any atom is -0.480 e. The standard InChI is InChI=1S/C35H60N6O9/c1-29-6-8-30(9-7-29)34(45)37-13-5-23-49-25-27-50-26-24-48-22-4-12-36-32(42)11-10-31(35(46)47)41-20-17-39(3)15-14-38(2)16-18-40(19-21-41)28-33(43)44/h6-9,31H,4-5,10-28H2,1-3H3,(H,36,42)(H,37,45)(H,43,44)(H,46,47). The van der Waals surface area contributed by atoms with Crippen LogP contribution in [0.2, 0.25) is 0 Å². The highest BCUT2D eigenvalue weighted by molar-refractivity contribution is 5.94. The molecule has 0 aliphatic carbocycles. The zero-order valence-electron chi connectivity index (χ0n) is 30.3. The number of nitrogens with one attached hydrogen (secondary N) is 2. The molecule has 50 heavy (non-hydrogen) atoms. The minimum absolute atomic E-state index is 0.0752. The molecule has 1 saturated heterocycles. The predicted octanol–water partition coefficient (Wildman–Crippen LogP) is 0.470. The van der Waals surface area contributed by atoms with Crippen LogP contribution in [-0.4, -0.2) is 185 Å². The fraction of sp³-hybridized carbons (Fsp3) is 0.714. The second-order valence-electron chi connectivity index (χ2n) is 12.7. The third-order valence-corrected chi connectivity index (χ3v) is 8.46. The van der Waals surface area contributed by atoms with Gasteiger partial charge in [0.05, 0.1) is 33.0 Å². The molecule has 2 amide bonds. The van der Waals surface area contributed by atoms with Crippen LogP contribution in [0.4, 0.5) is 0 Å². The van der Waals surface area contributed by atoms with E-state index in [0.717, 1.165) is 25.2 Å². The van der Waals surface area contributed by atoms with E-state index in [1.165, 1.54) is 0 Å². The van der Waals surface area contributed by atoms with E-state index in [4.69, 9.17) is 14.2 Å². The fourth-order valence-electron chi connectivity index (χ4n) is 5.28. The molecule has 15 nitrogen and oxygen atoms in total. The topological polar surface area (TPSA) is 173 Å². The Morgan fingerprint density at radius 2 is 1.22 bits per heavy atom. The van der Waals surface area contributed by atoms with E-state index in [2.05, 4.69) is 20.4 Å². The summed E-state index contributed by atoms with van der Waals surface area (Å²) in [7, 11) is 4.02. The van der Waals surface area contributed by atoms with Crippen molar-refractivity contribution in [1.82, 2.24) is 30.2 Å². The number of nitrogens with zero attached hydrogens (tertiary/aromatic N) is 4. The average Bonchev–Trinajstić information content (AvgIpc) is 3.07. The van der Waals surface area contributed by atoms with Crippen LogP contribution in [0.3, 0.4) is 0 Å². The molecule has 0 spiro atoms. The van der Waals surface area contributed by atoms with E-state index in [-0.39, 0.29) is 31.2 Å². The van der Waals surface area contributed by atoms with Crippen LogP contribution in [-0.2, 0) is 28.6 Å². The van der Waals surface area contributed by atoms with Gasteiger partial charge in [-0.25, -0.2) is 0 Å². The van der Waals surface area contributed by atoms with Crippen LogP contribution < -0.4 is 10.6 Å². The van der Waals surface area contributed by atoms with Gasteiger partial charge < -0.3 is 44.9 Å². The minimum atomic E-state index is -0.987. The smallest absolute Gasteiger partial charge is 0.320 e. The Hall–Kier alpha value is -3.18. The van der Waals surface area contributed by atoms with E-state index in [9.17, 15) is 29.4 Å². The number of ether oxygens (including phenoxy) is 3. The zero-order chi connectivity index (χ0) is 36.6. The summed E-state index contributed by atoms with van der Waals surface area (Å²) in [6.07, 6.45) is 1.56. The Morgan fingerprint density at radius 3 is 1.80 bits per heavy atom. The molecule has 1 aromatic carbocycles. The van der Waals surface area contributed by atoms with Crippen molar-refractivity contribution in [3.63, 3.8) is 0 Å². The van der Waals surface area contributed by atoms with Gasteiger partial charge in [-0.1, -0.05) is 17.7 Å². The maximum absolute atomic E-state index is 12.5. The van der Waals surface area contributed by atoms with E-state index < -0.39 is 18.0 Å². The van der Waals surface area contributed by atoms with Crippen LogP contribution in [0.15, 0.2) is 24.3 Å². The lowest BCUT2D eigenvalue weighted by Gasteiger charge is -2.34. The molecule has 0 aromatic heterocycles. The number of likely N-dealkylation sites (N-methyl/N-ethyl adjacent to an activating group) is 2. The van der Waals surface area contributed by atoms with Crippen LogP contribution >= 0.6 is 0 Å². The largest absolute Gasteiger partial charge is 0.480 e. The lowest BCUT2D eigenvalue weighted by Crippen LogP contribution is -2.50. The van der Waals surface area contributed by atoms with Crippen molar-refractivity contribution in [2.45, 2.75) is 38.6 Å².